The van der Waals surface area contributed by atoms with Crippen LogP contribution in [0.15, 0.2) is 0 Å². The van der Waals surface area contributed by atoms with Crippen LogP contribution in [0.3, 0.4) is 0 Å². The summed E-state index contributed by atoms with van der Waals surface area (Å²) in [6.07, 6.45) is -4.23. The van der Waals surface area contributed by atoms with Crippen molar-refractivity contribution in [2.75, 3.05) is 5.75 Å². The first-order valence-electron chi connectivity index (χ1n) is 12.9. The molecule has 0 aliphatic carbocycles. The lowest BCUT2D eigenvalue weighted by Crippen LogP contribution is -2.73. The van der Waals surface area contributed by atoms with Gasteiger partial charge in [0, 0.05) is 12.7 Å². The molecule has 9 atom stereocenters. The van der Waals surface area contributed by atoms with Crippen molar-refractivity contribution >= 4 is 46.5 Å². The first-order valence-corrected chi connectivity index (χ1v) is 13.9. The van der Waals surface area contributed by atoms with Crippen LogP contribution in [0.2, 0.25) is 0 Å². The molecule has 3 aliphatic heterocycles. The van der Waals surface area contributed by atoms with Crippen LogP contribution in [0.5, 0.6) is 0 Å². The van der Waals surface area contributed by atoms with Crippen LogP contribution in [0.4, 0.5) is 0 Å². The topological polar surface area (TPSA) is 229 Å². The summed E-state index contributed by atoms with van der Waals surface area (Å²) in [6.45, 7) is 11.1. The molecule has 0 bridgehead atoms. The second kappa shape index (κ2) is 12.4. The molecule has 0 aromatic heterocycles. The van der Waals surface area contributed by atoms with Gasteiger partial charge < -0.3 is 41.1 Å². The highest BCUT2D eigenvalue weighted by molar-refractivity contribution is 8.13. The van der Waals surface area contributed by atoms with E-state index in [0.717, 1.165) is 6.92 Å². The smallest absolute Gasteiger partial charge is 0.338 e. The number of ether oxygens (including phenoxy) is 1. The number of esters is 1. The number of carbonyl (C=O) groups is 6. The summed E-state index contributed by atoms with van der Waals surface area (Å²) in [4.78, 5) is 69.8. The van der Waals surface area contributed by atoms with Crippen molar-refractivity contribution in [3.8, 4) is 0 Å². The minimum absolute atomic E-state index is 0.106. The van der Waals surface area contributed by atoms with E-state index in [1.54, 1.807) is 34.6 Å². The number of carboxylic acids is 1. The van der Waals surface area contributed by atoms with Crippen LogP contribution in [-0.2, 0) is 33.5 Å². The molecule has 0 radical (unpaired) electrons. The largest absolute Gasteiger partial charge is 0.480 e. The molecule has 15 heteroatoms. The Kier molecular flexibility index (Phi) is 10.4. The van der Waals surface area contributed by atoms with E-state index in [-0.39, 0.29) is 23.5 Å². The maximum atomic E-state index is 12.8. The fraction of sp³-hybridized carbons (Fsp3) is 0.760. The maximum Gasteiger partial charge on any atom is 0.338 e. The number of carboxylic acid groups (broad SMARTS) is 1. The van der Waals surface area contributed by atoms with Crippen molar-refractivity contribution in [3.63, 3.8) is 0 Å². The SMILES string of the molecule is CC(=O)N[C@@H](CSC(=O)[C@]1([C@@H](O)C(C)C)NC(=O)[C@H](C)[C@@H]1O)C(=O)O.CC(C)[C@H](O)[C@]12NC(=O)[C@H](C)[C@@H]1OC2=O. The number of aliphatic hydroxyl groups excluding tert-OH is 3. The molecule has 3 amide bonds. The van der Waals surface area contributed by atoms with Crippen molar-refractivity contribution in [2.24, 2.45) is 23.7 Å². The van der Waals surface area contributed by atoms with Gasteiger partial charge in [-0.1, -0.05) is 46.4 Å². The van der Waals surface area contributed by atoms with E-state index in [0.29, 0.717) is 11.8 Å². The Morgan fingerprint density at radius 3 is 1.88 bits per heavy atom. The molecule has 0 saturated carbocycles. The summed E-state index contributed by atoms with van der Waals surface area (Å²) in [5, 5.41) is 46.4. The number of nitrogens with one attached hydrogen (secondary N) is 3. The zero-order valence-electron chi connectivity index (χ0n) is 23.5. The van der Waals surface area contributed by atoms with Crippen LogP contribution < -0.4 is 16.0 Å². The first-order chi connectivity index (χ1) is 18.4. The van der Waals surface area contributed by atoms with Gasteiger partial charge in [0.2, 0.25) is 28.4 Å². The average molecular weight is 590 g/mol. The molecule has 3 heterocycles. The van der Waals surface area contributed by atoms with Crippen LogP contribution in [0.25, 0.3) is 0 Å². The molecule has 40 heavy (non-hydrogen) atoms. The molecule has 7 N–H and O–H groups in total. The van der Waals surface area contributed by atoms with E-state index in [9.17, 15) is 44.1 Å². The van der Waals surface area contributed by atoms with Gasteiger partial charge in [0.15, 0.2) is 5.54 Å². The van der Waals surface area contributed by atoms with Crippen molar-refractivity contribution in [1.82, 2.24) is 16.0 Å². The highest BCUT2D eigenvalue weighted by Crippen LogP contribution is 2.42. The van der Waals surface area contributed by atoms with Gasteiger partial charge in [-0.3, -0.25) is 19.2 Å². The van der Waals surface area contributed by atoms with E-state index in [1.165, 1.54) is 6.92 Å². The Labute approximate surface area is 236 Å². The van der Waals surface area contributed by atoms with Crippen molar-refractivity contribution in [2.45, 2.75) is 90.0 Å². The van der Waals surface area contributed by atoms with Crippen LogP contribution in [-0.4, -0.2) is 102 Å². The monoisotopic (exact) mass is 589 g/mol. The summed E-state index contributed by atoms with van der Waals surface area (Å²) < 4.78 is 4.94. The Bertz CT molecular complexity index is 1050. The number of hydrogen-bond donors (Lipinski definition) is 7. The Morgan fingerprint density at radius 2 is 1.50 bits per heavy atom. The molecule has 14 nitrogen and oxygen atoms in total. The number of carbonyl (C=O) groups excluding carboxylic acids is 5. The number of fused-ring (bicyclic) bond motifs is 1. The van der Waals surface area contributed by atoms with Gasteiger partial charge in [0.25, 0.3) is 0 Å². The van der Waals surface area contributed by atoms with Gasteiger partial charge >= 0.3 is 11.9 Å². The molecule has 3 saturated heterocycles. The predicted octanol–water partition coefficient (Wildman–Crippen LogP) is -1.85. The average Bonchev–Trinajstić information content (AvgIpc) is 3.22. The van der Waals surface area contributed by atoms with Crippen LogP contribution >= 0.6 is 11.8 Å². The fourth-order valence-electron chi connectivity index (χ4n) is 5.02. The fourth-order valence-corrected chi connectivity index (χ4v) is 6.10. The van der Waals surface area contributed by atoms with Gasteiger partial charge in [-0.15, -0.1) is 0 Å². The first kappa shape index (κ1) is 33.5. The summed E-state index contributed by atoms with van der Waals surface area (Å²) in [7, 11) is 0. The van der Waals surface area contributed by atoms with Gasteiger partial charge in [0.05, 0.1) is 30.1 Å². The number of hydrogen-bond acceptors (Lipinski definition) is 11. The highest BCUT2D eigenvalue weighted by atomic mass is 32.2. The van der Waals surface area contributed by atoms with Gasteiger partial charge in [-0.2, -0.15) is 0 Å². The number of thioether (sulfide) groups is 1. The van der Waals surface area contributed by atoms with Gasteiger partial charge in [-0.25, -0.2) is 9.59 Å². The lowest BCUT2D eigenvalue weighted by atomic mass is 9.76. The summed E-state index contributed by atoms with van der Waals surface area (Å²) >= 11 is 0.535. The summed E-state index contributed by atoms with van der Waals surface area (Å²) in [5.74, 6) is -5.36. The maximum absolute atomic E-state index is 12.8. The molecular weight excluding hydrogens is 550 g/mol. The third-order valence-corrected chi connectivity index (χ3v) is 8.59. The molecule has 0 unspecified atom stereocenters. The lowest BCUT2D eigenvalue weighted by molar-refractivity contribution is -0.207. The quantitative estimate of drug-likeness (QED) is 0.147. The number of aliphatic hydroxyl groups is 3. The van der Waals surface area contributed by atoms with E-state index in [4.69, 9.17) is 9.84 Å². The third-order valence-electron chi connectivity index (χ3n) is 7.49. The summed E-state index contributed by atoms with van der Waals surface area (Å²) in [5.41, 5.74) is -3.11. The molecule has 226 valence electrons. The van der Waals surface area contributed by atoms with Crippen molar-refractivity contribution < 1.29 is 53.9 Å². The Hall–Kier alpha value is -2.75. The van der Waals surface area contributed by atoms with Crippen molar-refractivity contribution in [1.29, 1.82) is 0 Å². The third kappa shape index (κ3) is 5.83. The zero-order valence-corrected chi connectivity index (χ0v) is 24.3. The zero-order chi connectivity index (χ0) is 30.9. The molecule has 3 aliphatic rings. The molecule has 0 aromatic carbocycles. The molecule has 3 fully saturated rings. The van der Waals surface area contributed by atoms with Gasteiger partial charge in [-0.05, 0) is 18.8 Å². The molecule has 0 aromatic rings. The lowest BCUT2D eigenvalue weighted by Gasteiger charge is -2.46. The Balaban J connectivity index is 0.000000315. The second-order valence-electron chi connectivity index (χ2n) is 11.1. The van der Waals surface area contributed by atoms with Gasteiger partial charge in [0.1, 0.15) is 12.1 Å². The van der Waals surface area contributed by atoms with Crippen molar-refractivity contribution in [3.05, 3.63) is 0 Å². The van der Waals surface area contributed by atoms with E-state index in [2.05, 4.69) is 16.0 Å². The number of aliphatic carboxylic acids is 1. The number of rotatable bonds is 9. The van der Waals surface area contributed by atoms with E-state index in [1.807, 2.05) is 0 Å². The molecule has 0 spiro atoms. The number of amides is 3. The predicted molar refractivity (Wildman–Crippen MR) is 140 cm³/mol. The second-order valence-corrected chi connectivity index (χ2v) is 12.1. The molecule has 3 rings (SSSR count). The van der Waals surface area contributed by atoms with E-state index < -0.39 is 82.2 Å². The minimum atomic E-state index is -1.92. The molecular formula is C25H39N3O11S. The van der Waals surface area contributed by atoms with Crippen LogP contribution in [0.1, 0.15) is 48.5 Å². The normalized spacial score (nSPS) is 33.0. The standard InChI is InChI=1S/C15H24N2O7S.C10H15NO4/c1-6(2)10(19)15(11(20)7(3)12(21)17-15)14(24)25-5-9(13(22)23)16-8(4)18;1-4(2)6(12)10-7(15-9(10)14)5(3)8(13)11-10/h6-7,9-11,19-20H,5H2,1-4H3,(H,16,18)(H,17,21)(H,22,23);4-7,12H,1-3H3,(H,11,13)/t7-,9+,10+,11+,15-;5-,6+,7+,10+/m11/s1. The summed E-state index contributed by atoms with van der Waals surface area (Å²) in [6, 6.07) is -1.31. The minimum Gasteiger partial charge on any atom is -0.480 e. The van der Waals surface area contributed by atoms with Crippen LogP contribution in [0, 0.1) is 23.7 Å². The highest BCUT2D eigenvalue weighted by Gasteiger charge is 2.71. The van der Waals surface area contributed by atoms with E-state index >= 15 is 0 Å². The Morgan fingerprint density at radius 1 is 0.975 bits per heavy atom.